The lowest BCUT2D eigenvalue weighted by Crippen LogP contribution is -2.52. The van der Waals surface area contributed by atoms with Gasteiger partial charge in [-0.25, -0.2) is 9.36 Å². The Bertz CT molecular complexity index is 1090. The third kappa shape index (κ3) is 3.35. The monoisotopic (exact) mass is 377 g/mol. The van der Waals surface area contributed by atoms with E-state index in [9.17, 15) is 9.59 Å². The van der Waals surface area contributed by atoms with Crippen molar-refractivity contribution in [2.75, 3.05) is 13.1 Å². The molecule has 28 heavy (non-hydrogen) atoms. The molecule has 2 aromatic heterocycles. The number of likely N-dealkylation sites (tertiary alicyclic amines) is 1. The SMILES string of the molecule is Cc1cc(C)n(-c2ccc(=O)n(CC3CN(C(=O)c4ccccc4C)C3)n2)n1. The normalized spacial score (nSPS) is 14.2. The van der Waals surface area contributed by atoms with E-state index in [1.807, 2.05) is 56.0 Å². The quantitative estimate of drug-likeness (QED) is 0.698. The van der Waals surface area contributed by atoms with Crippen LogP contribution in [-0.2, 0) is 6.54 Å². The molecular weight excluding hydrogens is 354 g/mol. The Morgan fingerprint density at radius 1 is 1.07 bits per heavy atom. The Kier molecular flexibility index (Phi) is 4.58. The zero-order valence-electron chi connectivity index (χ0n) is 16.3. The summed E-state index contributed by atoms with van der Waals surface area (Å²) in [6.45, 7) is 7.57. The van der Waals surface area contributed by atoms with E-state index in [0.29, 0.717) is 25.5 Å². The predicted octanol–water partition coefficient (Wildman–Crippen LogP) is 2.13. The molecule has 0 aliphatic carbocycles. The number of hydrogen-bond donors (Lipinski definition) is 0. The Balaban J connectivity index is 1.46. The summed E-state index contributed by atoms with van der Waals surface area (Å²) in [5.41, 5.74) is 3.44. The van der Waals surface area contributed by atoms with Crippen LogP contribution >= 0.6 is 0 Å². The topological polar surface area (TPSA) is 73.0 Å². The first-order chi connectivity index (χ1) is 13.4. The highest BCUT2D eigenvalue weighted by Crippen LogP contribution is 2.21. The van der Waals surface area contributed by atoms with Crippen molar-refractivity contribution in [1.29, 1.82) is 0 Å². The molecule has 7 nitrogen and oxygen atoms in total. The van der Waals surface area contributed by atoms with Crippen LogP contribution < -0.4 is 5.56 Å². The number of aromatic nitrogens is 4. The first-order valence-corrected chi connectivity index (χ1v) is 9.39. The molecule has 0 N–H and O–H groups in total. The molecule has 1 amide bonds. The van der Waals surface area contributed by atoms with Gasteiger partial charge in [0.1, 0.15) is 0 Å². The van der Waals surface area contributed by atoms with Crippen LogP contribution in [0.25, 0.3) is 5.82 Å². The molecular formula is C21H23N5O2. The summed E-state index contributed by atoms with van der Waals surface area (Å²) in [7, 11) is 0. The Morgan fingerprint density at radius 3 is 2.50 bits per heavy atom. The first-order valence-electron chi connectivity index (χ1n) is 9.39. The average Bonchev–Trinajstić information content (AvgIpc) is 2.97. The highest BCUT2D eigenvalue weighted by molar-refractivity contribution is 5.96. The molecule has 1 aliphatic heterocycles. The van der Waals surface area contributed by atoms with Gasteiger partial charge in [0.15, 0.2) is 5.82 Å². The fourth-order valence-electron chi connectivity index (χ4n) is 3.62. The molecule has 0 spiro atoms. The van der Waals surface area contributed by atoms with Crippen molar-refractivity contribution in [2.45, 2.75) is 27.3 Å². The highest BCUT2D eigenvalue weighted by atomic mass is 16.2. The number of carbonyl (C=O) groups is 1. The van der Waals surface area contributed by atoms with Gasteiger partial charge in [-0.1, -0.05) is 18.2 Å². The minimum absolute atomic E-state index is 0.0473. The lowest BCUT2D eigenvalue weighted by Gasteiger charge is -2.39. The first kappa shape index (κ1) is 18.2. The second kappa shape index (κ2) is 7.07. The van der Waals surface area contributed by atoms with Crippen molar-refractivity contribution in [3.63, 3.8) is 0 Å². The van der Waals surface area contributed by atoms with Gasteiger partial charge in [0.05, 0.1) is 12.2 Å². The minimum atomic E-state index is -0.144. The van der Waals surface area contributed by atoms with Crippen LogP contribution in [0, 0.1) is 26.7 Å². The number of hydrogen-bond acceptors (Lipinski definition) is 4. The van der Waals surface area contributed by atoms with Gasteiger partial charge in [-0.05, 0) is 44.5 Å². The van der Waals surface area contributed by atoms with Gasteiger partial charge in [0.25, 0.3) is 11.5 Å². The number of carbonyl (C=O) groups excluding carboxylic acids is 1. The van der Waals surface area contributed by atoms with Gasteiger partial charge in [0.2, 0.25) is 0 Å². The molecule has 1 fully saturated rings. The second-order valence-electron chi connectivity index (χ2n) is 7.44. The third-order valence-electron chi connectivity index (χ3n) is 5.13. The van der Waals surface area contributed by atoms with Crippen LogP contribution in [0.1, 0.15) is 27.3 Å². The number of benzene rings is 1. The smallest absolute Gasteiger partial charge is 0.266 e. The fourth-order valence-corrected chi connectivity index (χ4v) is 3.62. The molecule has 7 heteroatoms. The lowest BCUT2D eigenvalue weighted by molar-refractivity contribution is 0.0457. The molecule has 0 unspecified atom stereocenters. The predicted molar refractivity (Wildman–Crippen MR) is 106 cm³/mol. The summed E-state index contributed by atoms with van der Waals surface area (Å²) in [6.07, 6.45) is 0. The van der Waals surface area contributed by atoms with E-state index in [0.717, 1.165) is 22.5 Å². The summed E-state index contributed by atoms with van der Waals surface area (Å²) < 4.78 is 3.21. The highest BCUT2D eigenvalue weighted by Gasteiger charge is 2.32. The maximum absolute atomic E-state index is 12.6. The zero-order valence-corrected chi connectivity index (χ0v) is 16.3. The van der Waals surface area contributed by atoms with E-state index >= 15 is 0 Å². The van der Waals surface area contributed by atoms with E-state index in [1.54, 1.807) is 10.7 Å². The van der Waals surface area contributed by atoms with Crippen molar-refractivity contribution in [3.8, 4) is 5.82 Å². The van der Waals surface area contributed by atoms with Crippen molar-refractivity contribution >= 4 is 5.91 Å². The third-order valence-corrected chi connectivity index (χ3v) is 5.13. The van der Waals surface area contributed by atoms with E-state index in [-0.39, 0.29) is 17.4 Å². The summed E-state index contributed by atoms with van der Waals surface area (Å²) in [5, 5.41) is 8.91. The van der Waals surface area contributed by atoms with Gasteiger partial charge >= 0.3 is 0 Å². The molecule has 3 heterocycles. The molecule has 1 aliphatic rings. The lowest BCUT2D eigenvalue weighted by atomic mass is 9.97. The van der Waals surface area contributed by atoms with E-state index in [2.05, 4.69) is 10.2 Å². The van der Waals surface area contributed by atoms with Crippen molar-refractivity contribution in [2.24, 2.45) is 5.92 Å². The second-order valence-corrected chi connectivity index (χ2v) is 7.44. The molecule has 0 saturated carbocycles. The van der Waals surface area contributed by atoms with Crippen LogP contribution in [0.4, 0.5) is 0 Å². The fraction of sp³-hybridized carbons (Fsp3) is 0.333. The summed E-state index contributed by atoms with van der Waals surface area (Å²) in [4.78, 5) is 26.7. The molecule has 0 atom stereocenters. The van der Waals surface area contributed by atoms with Crippen molar-refractivity contribution < 1.29 is 4.79 Å². The standard InChI is InChI=1S/C21H23N5O2/c1-14-6-4-5-7-18(14)21(28)24-11-17(12-24)13-25-20(27)9-8-19(23-25)26-16(3)10-15(2)22-26/h4-10,17H,11-13H2,1-3H3. The summed E-state index contributed by atoms with van der Waals surface area (Å²) >= 11 is 0. The van der Waals surface area contributed by atoms with Gasteiger partial charge in [0, 0.05) is 36.3 Å². The maximum Gasteiger partial charge on any atom is 0.266 e. The molecule has 4 rings (SSSR count). The van der Waals surface area contributed by atoms with Gasteiger partial charge in [-0.2, -0.15) is 5.10 Å². The number of amides is 1. The molecule has 3 aromatic rings. The van der Waals surface area contributed by atoms with E-state index < -0.39 is 0 Å². The zero-order chi connectivity index (χ0) is 19.8. The van der Waals surface area contributed by atoms with E-state index in [1.165, 1.54) is 10.7 Å². The number of nitrogens with zero attached hydrogens (tertiary/aromatic N) is 5. The Hall–Kier alpha value is -3.22. The molecule has 1 saturated heterocycles. The molecule has 0 radical (unpaired) electrons. The van der Waals surface area contributed by atoms with Crippen LogP contribution in [0.3, 0.4) is 0 Å². The van der Waals surface area contributed by atoms with Gasteiger partial charge < -0.3 is 4.90 Å². The van der Waals surface area contributed by atoms with Gasteiger partial charge in [-0.15, -0.1) is 5.10 Å². The number of rotatable bonds is 4. The summed E-state index contributed by atoms with van der Waals surface area (Å²) in [5.74, 6) is 0.886. The van der Waals surface area contributed by atoms with E-state index in [4.69, 9.17) is 0 Å². The summed E-state index contributed by atoms with van der Waals surface area (Å²) in [6, 6.07) is 12.8. The molecule has 144 valence electrons. The Morgan fingerprint density at radius 2 is 1.82 bits per heavy atom. The molecule has 0 bridgehead atoms. The molecule has 1 aromatic carbocycles. The largest absolute Gasteiger partial charge is 0.338 e. The van der Waals surface area contributed by atoms with Crippen LogP contribution in [-0.4, -0.2) is 43.5 Å². The minimum Gasteiger partial charge on any atom is -0.338 e. The van der Waals surface area contributed by atoms with Crippen LogP contribution in [0.15, 0.2) is 47.3 Å². The van der Waals surface area contributed by atoms with Crippen LogP contribution in [0.5, 0.6) is 0 Å². The van der Waals surface area contributed by atoms with Gasteiger partial charge in [-0.3, -0.25) is 9.59 Å². The van der Waals surface area contributed by atoms with Crippen LogP contribution in [0.2, 0.25) is 0 Å². The number of aryl methyl sites for hydroxylation is 3. The maximum atomic E-state index is 12.6. The van der Waals surface area contributed by atoms with Crippen molar-refractivity contribution in [1.82, 2.24) is 24.5 Å². The average molecular weight is 377 g/mol. The Labute approximate surface area is 163 Å². The van der Waals surface area contributed by atoms with Crippen molar-refractivity contribution in [3.05, 3.63) is 75.3 Å².